The fourth-order valence-electron chi connectivity index (χ4n) is 1.46. The van der Waals surface area contributed by atoms with Crippen LogP contribution < -0.4 is 0 Å². The summed E-state index contributed by atoms with van der Waals surface area (Å²) in [4.78, 5) is 9.43. The molecule has 0 aliphatic heterocycles. The van der Waals surface area contributed by atoms with E-state index in [0.29, 0.717) is 23.4 Å². The number of ether oxygens (including phenoxy) is 1. The molecule has 3 nitrogen and oxygen atoms in total. The molecule has 0 saturated heterocycles. The fraction of sp³-hybridized carbons (Fsp3) is 0.333. The third-order valence-electron chi connectivity index (χ3n) is 2.47. The van der Waals surface area contributed by atoms with Gasteiger partial charge in [-0.2, -0.15) is 0 Å². The molecule has 0 N–H and O–H groups in total. The first-order valence-electron chi connectivity index (χ1n) is 5.43. The summed E-state index contributed by atoms with van der Waals surface area (Å²) in [5.41, 5.74) is 3.78. The van der Waals surface area contributed by atoms with Crippen molar-refractivity contribution >= 4 is 34.5 Å². The summed E-state index contributed by atoms with van der Waals surface area (Å²) in [7, 11) is 0. The molecule has 0 unspecified atom stereocenters. The second-order valence-corrected chi connectivity index (χ2v) is 5.50. The molecule has 0 radical (unpaired) electrons. The van der Waals surface area contributed by atoms with Gasteiger partial charge in [-0.1, -0.05) is 23.2 Å². The summed E-state index contributed by atoms with van der Waals surface area (Å²) in [6, 6.07) is 1.62. The number of hydrogen-bond acceptors (Lipinski definition) is 4. The Bertz CT molecular complexity index is 531. The molecule has 18 heavy (non-hydrogen) atoms. The molecule has 0 aromatic carbocycles. The van der Waals surface area contributed by atoms with Gasteiger partial charge in [0.15, 0.2) is 0 Å². The lowest BCUT2D eigenvalue weighted by molar-refractivity contribution is 0.124. The number of nitrogens with zero attached hydrogens (tertiary/aromatic N) is 2. The topological polar surface area (TPSA) is 35.0 Å². The summed E-state index contributed by atoms with van der Waals surface area (Å²) in [6.45, 7) is 3.09. The number of halogens is 2. The molecular formula is C12H12Cl2N2OS. The molecular weight excluding hydrogens is 291 g/mol. The minimum atomic E-state index is 0.393. The third kappa shape index (κ3) is 3.65. The van der Waals surface area contributed by atoms with Crippen LogP contribution in [0.25, 0.3) is 0 Å². The van der Waals surface area contributed by atoms with Crippen LogP contribution >= 0.6 is 34.5 Å². The van der Waals surface area contributed by atoms with E-state index in [4.69, 9.17) is 27.9 Å². The van der Waals surface area contributed by atoms with Gasteiger partial charge in [-0.25, -0.2) is 9.97 Å². The van der Waals surface area contributed by atoms with Crippen LogP contribution in [0.1, 0.15) is 16.1 Å². The van der Waals surface area contributed by atoms with Crippen molar-refractivity contribution in [3.8, 4) is 0 Å². The molecule has 2 rings (SSSR count). The zero-order chi connectivity index (χ0) is 13.0. The summed E-state index contributed by atoms with van der Waals surface area (Å²) in [5, 5.41) is 0.980. The first-order valence-corrected chi connectivity index (χ1v) is 7.07. The predicted octanol–water partition coefficient (Wildman–Crippen LogP) is 3.91. The van der Waals surface area contributed by atoms with Crippen molar-refractivity contribution in [2.45, 2.75) is 20.0 Å². The molecule has 0 aliphatic carbocycles. The van der Waals surface area contributed by atoms with Crippen molar-refractivity contribution in [3.05, 3.63) is 44.1 Å². The van der Waals surface area contributed by atoms with Gasteiger partial charge in [0, 0.05) is 23.1 Å². The Kier molecular flexibility index (Phi) is 4.95. The minimum Gasteiger partial charge on any atom is -0.376 e. The standard InChI is InChI=1S/C12H12Cl2N2OS/c1-8-11(18-7-16-8)2-3-17-6-9-5-15-12(14)4-10(9)13/h4-5,7H,2-3,6H2,1H3. The van der Waals surface area contributed by atoms with Crippen LogP contribution in [0.4, 0.5) is 0 Å². The van der Waals surface area contributed by atoms with Crippen LogP contribution in [0.3, 0.4) is 0 Å². The Hall–Kier alpha value is -0.680. The van der Waals surface area contributed by atoms with Gasteiger partial charge in [0.05, 0.1) is 29.4 Å². The van der Waals surface area contributed by atoms with Gasteiger partial charge in [-0.05, 0) is 13.0 Å². The van der Waals surface area contributed by atoms with Crippen molar-refractivity contribution in [2.24, 2.45) is 0 Å². The van der Waals surface area contributed by atoms with Crippen molar-refractivity contribution in [3.63, 3.8) is 0 Å². The van der Waals surface area contributed by atoms with Gasteiger partial charge in [-0.3, -0.25) is 0 Å². The highest BCUT2D eigenvalue weighted by molar-refractivity contribution is 7.09. The summed E-state index contributed by atoms with van der Waals surface area (Å²) in [5.74, 6) is 0. The zero-order valence-electron chi connectivity index (χ0n) is 9.82. The van der Waals surface area contributed by atoms with Gasteiger partial charge in [0.1, 0.15) is 5.15 Å². The average Bonchev–Trinajstić information content (AvgIpc) is 2.73. The van der Waals surface area contributed by atoms with Gasteiger partial charge in [-0.15, -0.1) is 11.3 Å². The lowest BCUT2D eigenvalue weighted by Gasteiger charge is -2.05. The van der Waals surface area contributed by atoms with Crippen molar-refractivity contribution in [1.82, 2.24) is 9.97 Å². The molecule has 6 heteroatoms. The largest absolute Gasteiger partial charge is 0.376 e. The van der Waals surface area contributed by atoms with E-state index in [1.165, 1.54) is 4.88 Å². The van der Waals surface area contributed by atoms with E-state index in [1.54, 1.807) is 23.6 Å². The first kappa shape index (κ1) is 13.7. The van der Waals surface area contributed by atoms with Crippen LogP contribution in [-0.4, -0.2) is 16.6 Å². The SMILES string of the molecule is Cc1ncsc1CCOCc1cnc(Cl)cc1Cl. The molecule has 0 spiro atoms. The number of rotatable bonds is 5. The predicted molar refractivity (Wildman–Crippen MR) is 74.5 cm³/mol. The van der Waals surface area contributed by atoms with E-state index in [0.717, 1.165) is 17.7 Å². The van der Waals surface area contributed by atoms with E-state index >= 15 is 0 Å². The van der Waals surface area contributed by atoms with Crippen LogP contribution in [0.2, 0.25) is 10.2 Å². The maximum atomic E-state index is 6.02. The fourth-order valence-corrected chi connectivity index (χ4v) is 2.64. The smallest absolute Gasteiger partial charge is 0.130 e. The van der Waals surface area contributed by atoms with E-state index in [9.17, 15) is 0 Å². The van der Waals surface area contributed by atoms with Gasteiger partial charge < -0.3 is 4.74 Å². The summed E-state index contributed by atoms with van der Waals surface area (Å²) < 4.78 is 5.58. The summed E-state index contributed by atoms with van der Waals surface area (Å²) >= 11 is 13.4. The van der Waals surface area contributed by atoms with Crippen LogP contribution in [0.5, 0.6) is 0 Å². The van der Waals surface area contributed by atoms with Crippen molar-refractivity contribution < 1.29 is 4.74 Å². The van der Waals surface area contributed by atoms with E-state index in [2.05, 4.69) is 9.97 Å². The quantitative estimate of drug-likeness (QED) is 0.620. The van der Waals surface area contributed by atoms with Crippen LogP contribution in [0.15, 0.2) is 17.8 Å². The average molecular weight is 303 g/mol. The third-order valence-corrected chi connectivity index (χ3v) is 4.03. The van der Waals surface area contributed by atoms with Crippen molar-refractivity contribution in [2.75, 3.05) is 6.61 Å². The highest BCUT2D eigenvalue weighted by atomic mass is 35.5. The number of hydrogen-bond donors (Lipinski definition) is 0. The number of aryl methyl sites for hydroxylation is 1. The van der Waals surface area contributed by atoms with E-state index < -0.39 is 0 Å². The maximum absolute atomic E-state index is 6.02. The highest BCUT2D eigenvalue weighted by Gasteiger charge is 2.04. The zero-order valence-corrected chi connectivity index (χ0v) is 12.1. The second-order valence-electron chi connectivity index (χ2n) is 3.76. The second kappa shape index (κ2) is 6.48. The molecule has 2 aromatic rings. The summed E-state index contributed by atoms with van der Waals surface area (Å²) in [6.07, 6.45) is 2.51. The molecule has 2 heterocycles. The van der Waals surface area contributed by atoms with E-state index in [1.807, 2.05) is 12.4 Å². The van der Waals surface area contributed by atoms with Gasteiger partial charge in [0.25, 0.3) is 0 Å². The molecule has 0 amide bonds. The highest BCUT2D eigenvalue weighted by Crippen LogP contribution is 2.19. The Balaban J connectivity index is 1.80. The first-order chi connectivity index (χ1) is 8.66. The number of thiazole rings is 1. The normalized spacial score (nSPS) is 10.8. The number of aromatic nitrogens is 2. The molecule has 0 fully saturated rings. The van der Waals surface area contributed by atoms with Gasteiger partial charge >= 0.3 is 0 Å². The molecule has 0 atom stereocenters. The van der Waals surface area contributed by atoms with Crippen molar-refractivity contribution in [1.29, 1.82) is 0 Å². The molecule has 0 bridgehead atoms. The number of pyridine rings is 1. The molecule has 0 aliphatic rings. The van der Waals surface area contributed by atoms with Crippen LogP contribution in [0, 0.1) is 6.92 Å². The lowest BCUT2D eigenvalue weighted by Crippen LogP contribution is -2.00. The molecule has 2 aromatic heterocycles. The Labute approximate surface area is 120 Å². The lowest BCUT2D eigenvalue weighted by atomic mass is 10.3. The molecule has 96 valence electrons. The van der Waals surface area contributed by atoms with E-state index in [-0.39, 0.29) is 0 Å². The Morgan fingerprint density at radius 2 is 2.17 bits per heavy atom. The Morgan fingerprint density at radius 1 is 1.33 bits per heavy atom. The monoisotopic (exact) mass is 302 g/mol. The van der Waals surface area contributed by atoms with Crippen LogP contribution in [-0.2, 0) is 17.8 Å². The minimum absolute atomic E-state index is 0.393. The maximum Gasteiger partial charge on any atom is 0.130 e. The Morgan fingerprint density at radius 3 is 2.83 bits per heavy atom. The molecule has 0 saturated carbocycles. The van der Waals surface area contributed by atoms with Gasteiger partial charge in [0.2, 0.25) is 0 Å².